The second-order valence-corrected chi connectivity index (χ2v) is 4.11. The molecule has 0 aliphatic carbocycles. The Balaban J connectivity index is 1.98. The number of rotatable bonds is 3. The van der Waals surface area contributed by atoms with Crippen LogP contribution in [0.3, 0.4) is 0 Å². The van der Waals surface area contributed by atoms with Gasteiger partial charge in [-0.1, -0.05) is 31.2 Å². The average Bonchev–Trinajstić information content (AvgIpc) is 2.59. The van der Waals surface area contributed by atoms with E-state index in [0.29, 0.717) is 6.04 Å². The van der Waals surface area contributed by atoms with Gasteiger partial charge in [-0.05, 0) is 17.5 Å². The van der Waals surface area contributed by atoms with Crippen LogP contribution in [0, 0.1) is 0 Å². The molecule has 0 saturated carbocycles. The number of benzene rings is 1. The van der Waals surface area contributed by atoms with Crippen molar-refractivity contribution >= 4 is 0 Å². The van der Waals surface area contributed by atoms with Gasteiger partial charge in [0.2, 0.25) is 0 Å². The first-order valence-electron chi connectivity index (χ1n) is 5.34. The summed E-state index contributed by atoms with van der Waals surface area (Å²) in [6.07, 6.45) is 1.06. The van der Waals surface area contributed by atoms with E-state index in [4.69, 9.17) is 5.73 Å². The normalized spacial score (nSPS) is 18.1. The van der Waals surface area contributed by atoms with Gasteiger partial charge in [-0.3, -0.25) is 4.90 Å². The second kappa shape index (κ2) is 4.11. The summed E-state index contributed by atoms with van der Waals surface area (Å²) in [6.45, 7) is 5.31. The van der Waals surface area contributed by atoms with Gasteiger partial charge in [0.1, 0.15) is 0 Å². The zero-order valence-corrected chi connectivity index (χ0v) is 8.74. The minimum atomic E-state index is 0.323. The van der Waals surface area contributed by atoms with E-state index in [-0.39, 0.29) is 0 Å². The largest absolute Gasteiger partial charge is 0.327 e. The molecular formula is C12H18N2. The van der Waals surface area contributed by atoms with Crippen molar-refractivity contribution in [1.82, 2.24) is 4.90 Å². The Hall–Kier alpha value is -0.860. The highest BCUT2D eigenvalue weighted by atomic mass is 15.1. The molecule has 0 amide bonds. The smallest absolute Gasteiger partial charge is 0.0241 e. The SMILES string of the molecule is CCC(N)CN1Cc2ccccc2C1. The van der Waals surface area contributed by atoms with Crippen LogP contribution in [0.15, 0.2) is 24.3 Å². The highest BCUT2D eigenvalue weighted by molar-refractivity contribution is 5.30. The van der Waals surface area contributed by atoms with Gasteiger partial charge in [-0.2, -0.15) is 0 Å². The van der Waals surface area contributed by atoms with Crippen LogP contribution >= 0.6 is 0 Å². The summed E-state index contributed by atoms with van der Waals surface area (Å²) in [5, 5.41) is 0. The monoisotopic (exact) mass is 190 g/mol. The maximum absolute atomic E-state index is 5.95. The quantitative estimate of drug-likeness (QED) is 0.786. The highest BCUT2D eigenvalue weighted by Crippen LogP contribution is 2.21. The van der Waals surface area contributed by atoms with Crippen molar-refractivity contribution in [3.05, 3.63) is 35.4 Å². The van der Waals surface area contributed by atoms with Crippen molar-refractivity contribution in [3.8, 4) is 0 Å². The van der Waals surface area contributed by atoms with Crippen molar-refractivity contribution in [1.29, 1.82) is 0 Å². The van der Waals surface area contributed by atoms with Gasteiger partial charge in [0.15, 0.2) is 0 Å². The minimum Gasteiger partial charge on any atom is -0.327 e. The molecule has 1 atom stereocenters. The van der Waals surface area contributed by atoms with Crippen molar-refractivity contribution in [2.75, 3.05) is 6.54 Å². The summed E-state index contributed by atoms with van der Waals surface area (Å²) < 4.78 is 0. The fourth-order valence-electron chi connectivity index (χ4n) is 1.99. The molecule has 0 radical (unpaired) electrons. The molecule has 2 nitrogen and oxygen atoms in total. The number of nitrogens with zero attached hydrogens (tertiary/aromatic N) is 1. The van der Waals surface area contributed by atoms with E-state index in [2.05, 4.69) is 36.1 Å². The van der Waals surface area contributed by atoms with E-state index in [0.717, 1.165) is 26.1 Å². The van der Waals surface area contributed by atoms with Crippen LogP contribution in [0.4, 0.5) is 0 Å². The molecule has 2 heteroatoms. The molecule has 1 aromatic carbocycles. The maximum atomic E-state index is 5.95. The molecule has 0 bridgehead atoms. The first-order valence-corrected chi connectivity index (χ1v) is 5.34. The van der Waals surface area contributed by atoms with Crippen molar-refractivity contribution in [2.24, 2.45) is 5.73 Å². The van der Waals surface area contributed by atoms with Crippen molar-refractivity contribution in [3.63, 3.8) is 0 Å². The van der Waals surface area contributed by atoms with Crippen LogP contribution in [0.5, 0.6) is 0 Å². The lowest BCUT2D eigenvalue weighted by Gasteiger charge is -2.18. The molecule has 0 fully saturated rings. The Morgan fingerprint density at radius 2 is 1.86 bits per heavy atom. The van der Waals surface area contributed by atoms with E-state index in [1.54, 1.807) is 0 Å². The summed E-state index contributed by atoms with van der Waals surface area (Å²) >= 11 is 0. The van der Waals surface area contributed by atoms with Crippen LogP contribution in [0.2, 0.25) is 0 Å². The molecular weight excluding hydrogens is 172 g/mol. The molecule has 76 valence electrons. The van der Waals surface area contributed by atoms with Gasteiger partial charge in [0.25, 0.3) is 0 Å². The number of hydrogen-bond donors (Lipinski definition) is 1. The van der Waals surface area contributed by atoms with Crippen molar-refractivity contribution in [2.45, 2.75) is 32.5 Å². The van der Waals surface area contributed by atoms with Gasteiger partial charge < -0.3 is 5.73 Å². The Labute approximate surface area is 85.7 Å². The maximum Gasteiger partial charge on any atom is 0.0241 e. The van der Waals surface area contributed by atoms with Crippen LogP contribution in [0.25, 0.3) is 0 Å². The minimum absolute atomic E-state index is 0.323. The molecule has 1 aliphatic heterocycles. The molecule has 2 N–H and O–H groups in total. The summed E-state index contributed by atoms with van der Waals surface area (Å²) in [5.74, 6) is 0. The Morgan fingerprint density at radius 3 is 2.36 bits per heavy atom. The topological polar surface area (TPSA) is 29.3 Å². The van der Waals surface area contributed by atoms with E-state index in [9.17, 15) is 0 Å². The third-order valence-electron chi connectivity index (χ3n) is 2.92. The van der Waals surface area contributed by atoms with Gasteiger partial charge in [-0.25, -0.2) is 0 Å². The first-order chi connectivity index (χ1) is 6.79. The molecule has 1 unspecified atom stereocenters. The molecule has 0 saturated heterocycles. The first kappa shape index (κ1) is 9.69. The Kier molecular flexibility index (Phi) is 2.85. The Morgan fingerprint density at radius 1 is 1.29 bits per heavy atom. The van der Waals surface area contributed by atoms with Crippen molar-refractivity contribution < 1.29 is 0 Å². The molecule has 1 heterocycles. The molecule has 1 aliphatic rings. The average molecular weight is 190 g/mol. The fraction of sp³-hybridized carbons (Fsp3) is 0.500. The van der Waals surface area contributed by atoms with Gasteiger partial charge in [0, 0.05) is 25.7 Å². The number of hydrogen-bond acceptors (Lipinski definition) is 2. The van der Waals surface area contributed by atoms with E-state index in [1.807, 2.05) is 0 Å². The summed E-state index contributed by atoms with van der Waals surface area (Å²) in [4.78, 5) is 2.43. The number of nitrogens with two attached hydrogens (primary N) is 1. The summed E-state index contributed by atoms with van der Waals surface area (Å²) in [7, 11) is 0. The molecule has 14 heavy (non-hydrogen) atoms. The zero-order chi connectivity index (χ0) is 9.97. The predicted molar refractivity (Wildman–Crippen MR) is 58.8 cm³/mol. The predicted octanol–water partition coefficient (Wildman–Crippen LogP) is 1.74. The van der Waals surface area contributed by atoms with Crippen LogP contribution < -0.4 is 5.73 Å². The highest BCUT2D eigenvalue weighted by Gasteiger charge is 2.18. The van der Waals surface area contributed by atoms with Crippen LogP contribution in [-0.2, 0) is 13.1 Å². The third kappa shape index (κ3) is 1.97. The van der Waals surface area contributed by atoms with E-state index in [1.165, 1.54) is 11.1 Å². The van der Waals surface area contributed by atoms with Crippen LogP contribution in [0.1, 0.15) is 24.5 Å². The fourth-order valence-corrected chi connectivity index (χ4v) is 1.99. The Bertz CT molecular complexity index is 284. The standard InChI is InChI=1S/C12H18N2/c1-2-12(13)9-14-7-10-5-3-4-6-11(10)8-14/h3-6,12H,2,7-9,13H2,1H3. The van der Waals surface area contributed by atoms with E-state index < -0.39 is 0 Å². The molecule has 0 spiro atoms. The second-order valence-electron chi connectivity index (χ2n) is 4.11. The summed E-state index contributed by atoms with van der Waals surface area (Å²) in [5.41, 5.74) is 8.88. The lowest BCUT2D eigenvalue weighted by molar-refractivity contribution is 0.262. The molecule has 2 rings (SSSR count). The summed E-state index contributed by atoms with van der Waals surface area (Å²) in [6, 6.07) is 8.98. The number of fused-ring (bicyclic) bond motifs is 1. The van der Waals surface area contributed by atoms with Gasteiger partial charge >= 0.3 is 0 Å². The lowest BCUT2D eigenvalue weighted by Crippen LogP contribution is -2.33. The van der Waals surface area contributed by atoms with E-state index >= 15 is 0 Å². The molecule has 0 aromatic heterocycles. The third-order valence-corrected chi connectivity index (χ3v) is 2.92. The molecule has 1 aromatic rings. The van der Waals surface area contributed by atoms with Gasteiger partial charge in [-0.15, -0.1) is 0 Å². The zero-order valence-electron chi connectivity index (χ0n) is 8.74. The van der Waals surface area contributed by atoms with Crippen LogP contribution in [-0.4, -0.2) is 17.5 Å². The van der Waals surface area contributed by atoms with Gasteiger partial charge in [0.05, 0.1) is 0 Å². The lowest BCUT2D eigenvalue weighted by atomic mass is 10.1.